The van der Waals surface area contributed by atoms with Gasteiger partial charge < -0.3 is 14.8 Å². The molecule has 2 aromatic heterocycles. The molecular formula is C18H23N5O2. The van der Waals surface area contributed by atoms with Gasteiger partial charge in [0.25, 0.3) is 0 Å². The van der Waals surface area contributed by atoms with E-state index in [1.807, 2.05) is 36.7 Å². The Morgan fingerprint density at radius 1 is 1.08 bits per heavy atom. The van der Waals surface area contributed by atoms with Gasteiger partial charge in [0.05, 0.1) is 24.7 Å². The SMILES string of the molecule is CCOC(CNc1ncnc2c1cnn2Cc1ccccc1)OCC. The quantitative estimate of drug-likeness (QED) is 0.603. The topological polar surface area (TPSA) is 74.1 Å². The van der Waals surface area contributed by atoms with Crippen LogP contribution >= 0.6 is 0 Å². The van der Waals surface area contributed by atoms with E-state index >= 15 is 0 Å². The molecule has 0 amide bonds. The maximum atomic E-state index is 5.55. The van der Waals surface area contributed by atoms with E-state index < -0.39 is 0 Å². The fourth-order valence-corrected chi connectivity index (χ4v) is 2.62. The van der Waals surface area contributed by atoms with Crippen LogP contribution in [0.2, 0.25) is 0 Å². The summed E-state index contributed by atoms with van der Waals surface area (Å²) in [5.41, 5.74) is 1.97. The lowest BCUT2D eigenvalue weighted by molar-refractivity contribution is -0.126. The highest BCUT2D eigenvalue weighted by molar-refractivity contribution is 5.86. The second-order valence-corrected chi connectivity index (χ2v) is 5.47. The third kappa shape index (κ3) is 4.32. The number of benzene rings is 1. The summed E-state index contributed by atoms with van der Waals surface area (Å²) in [6.07, 6.45) is 3.03. The van der Waals surface area contributed by atoms with Crippen molar-refractivity contribution in [2.45, 2.75) is 26.7 Å². The van der Waals surface area contributed by atoms with Crippen LogP contribution < -0.4 is 5.32 Å². The molecule has 0 spiro atoms. The van der Waals surface area contributed by atoms with Crippen LogP contribution in [0.4, 0.5) is 5.82 Å². The first-order chi connectivity index (χ1) is 12.3. The van der Waals surface area contributed by atoms with Gasteiger partial charge in [-0.15, -0.1) is 0 Å². The van der Waals surface area contributed by atoms with Crippen LogP contribution in [0.5, 0.6) is 0 Å². The van der Waals surface area contributed by atoms with E-state index in [4.69, 9.17) is 9.47 Å². The van der Waals surface area contributed by atoms with Crippen LogP contribution in [0.15, 0.2) is 42.9 Å². The summed E-state index contributed by atoms with van der Waals surface area (Å²) in [6.45, 7) is 6.27. The lowest BCUT2D eigenvalue weighted by Crippen LogP contribution is -2.26. The number of nitrogens with one attached hydrogen (secondary N) is 1. The molecule has 0 aliphatic heterocycles. The molecule has 0 aliphatic rings. The summed E-state index contributed by atoms with van der Waals surface area (Å²) in [5, 5.41) is 8.62. The first kappa shape index (κ1) is 17.3. The van der Waals surface area contributed by atoms with Crippen molar-refractivity contribution in [3.8, 4) is 0 Å². The molecule has 0 aliphatic carbocycles. The number of hydrogen-bond donors (Lipinski definition) is 1. The van der Waals surface area contributed by atoms with E-state index in [-0.39, 0.29) is 6.29 Å². The summed E-state index contributed by atoms with van der Waals surface area (Å²) < 4.78 is 13.0. The molecule has 0 radical (unpaired) electrons. The van der Waals surface area contributed by atoms with E-state index in [9.17, 15) is 0 Å². The highest BCUT2D eigenvalue weighted by atomic mass is 16.7. The predicted molar refractivity (Wildman–Crippen MR) is 96.4 cm³/mol. The van der Waals surface area contributed by atoms with Gasteiger partial charge >= 0.3 is 0 Å². The molecule has 25 heavy (non-hydrogen) atoms. The standard InChI is InChI=1S/C18H23N5O2/c1-3-24-16(25-4-2)11-19-17-15-10-22-23(18(15)21-13-20-17)12-14-8-6-5-7-9-14/h5-10,13,16H,3-4,11-12H2,1-2H3,(H,19,20,21). The number of hydrogen-bond acceptors (Lipinski definition) is 6. The van der Waals surface area contributed by atoms with Gasteiger partial charge in [-0.3, -0.25) is 0 Å². The van der Waals surface area contributed by atoms with E-state index in [0.717, 1.165) is 16.9 Å². The third-order valence-electron chi connectivity index (χ3n) is 3.75. The Kier molecular flexibility index (Phi) is 5.92. The molecule has 3 rings (SSSR count). The van der Waals surface area contributed by atoms with Crippen molar-refractivity contribution in [1.29, 1.82) is 0 Å². The number of ether oxygens (including phenoxy) is 2. The molecule has 2 heterocycles. The van der Waals surface area contributed by atoms with E-state index in [1.165, 1.54) is 5.56 Å². The zero-order valence-electron chi connectivity index (χ0n) is 14.6. The predicted octanol–water partition coefficient (Wildman–Crippen LogP) is 2.69. The molecule has 7 nitrogen and oxygen atoms in total. The van der Waals surface area contributed by atoms with Crippen LogP contribution in [0.3, 0.4) is 0 Å². The van der Waals surface area contributed by atoms with Crippen LogP contribution in [0, 0.1) is 0 Å². The van der Waals surface area contributed by atoms with Crippen LogP contribution in [-0.4, -0.2) is 45.8 Å². The number of anilines is 1. The fraction of sp³-hybridized carbons (Fsp3) is 0.389. The molecule has 1 N–H and O–H groups in total. The van der Waals surface area contributed by atoms with E-state index in [1.54, 1.807) is 12.5 Å². The van der Waals surface area contributed by atoms with Gasteiger partial charge in [0.1, 0.15) is 12.1 Å². The number of rotatable bonds is 9. The Hall–Kier alpha value is -2.51. The van der Waals surface area contributed by atoms with Crippen molar-refractivity contribution >= 4 is 16.9 Å². The van der Waals surface area contributed by atoms with Gasteiger partial charge in [0.2, 0.25) is 0 Å². The zero-order chi connectivity index (χ0) is 17.5. The lowest BCUT2D eigenvalue weighted by Gasteiger charge is -2.17. The van der Waals surface area contributed by atoms with Gasteiger partial charge in [-0.25, -0.2) is 14.6 Å². The second kappa shape index (κ2) is 8.55. The maximum absolute atomic E-state index is 5.55. The number of fused-ring (bicyclic) bond motifs is 1. The fourth-order valence-electron chi connectivity index (χ4n) is 2.62. The van der Waals surface area contributed by atoms with E-state index in [0.29, 0.717) is 26.3 Å². The Morgan fingerprint density at radius 2 is 1.84 bits per heavy atom. The van der Waals surface area contributed by atoms with Gasteiger partial charge in [0.15, 0.2) is 11.9 Å². The van der Waals surface area contributed by atoms with E-state index in [2.05, 4.69) is 32.5 Å². The Bertz CT molecular complexity index is 785. The molecule has 0 atom stereocenters. The molecule has 0 saturated heterocycles. The third-order valence-corrected chi connectivity index (χ3v) is 3.75. The molecule has 132 valence electrons. The summed E-state index contributed by atoms with van der Waals surface area (Å²) in [6, 6.07) is 10.2. The van der Waals surface area contributed by atoms with Gasteiger partial charge in [-0.1, -0.05) is 30.3 Å². The zero-order valence-corrected chi connectivity index (χ0v) is 14.6. The second-order valence-electron chi connectivity index (χ2n) is 5.47. The lowest BCUT2D eigenvalue weighted by atomic mass is 10.2. The molecular weight excluding hydrogens is 318 g/mol. The highest BCUT2D eigenvalue weighted by Crippen LogP contribution is 2.19. The van der Waals surface area contributed by atoms with Gasteiger partial charge in [0, 0.05) is 13.2 Å². The Labute approximate surface area is 147 Å². The molecule has 7 heteroatoms. The average molecular weight is 341 g/mol. The van der Waals surface area contributed by atoms with Crippen LogP contribution in [0.25, 0.3) is 11.0 Å². The summed E-state index contributed by atoms with van der Waals surface area (Å²) in [5.74, 6) is 0.730. The molecule has 0 saturated carbocycles. The first-order valence-corrected chi connectivity index (χ1v) is 8.49. The van der Waals surface area contributed by atoms with Gasteiger partial charge in [-0.2, -0.15) is 5.10 Å². The van der Waals surface area contributed by atoms with Crippen molar-refractivity contribution in [1.82, 2.24) is 19.7 Å². The largest absolute Gasteiger partial charge is 0.364 e. The minimum Gasteiger partial charge on any atom is -0.364 e. The minimum absolute atomic E-state index is 0.306. The molecule has 0 fully saturated rings. The monoisotopic (exact) mass is 341 g/mol. The molecule has 3 aromatic rings. The van der Waals surface area contributed by atoms with Crippen molar-refractivity contribution in [3.63, 3.8) is 0 Å². The van der Waals surface area contributed by atoms with Crippen molar-refractivity contribution < 1.29 is 9.47 Å². The van der Waals surface area contributed by atoms with Crippen LogP contribution in [-0.2, 0) is 16.0 Å². The average Bonchev–Trinajstić information content (AvgIpc) is 3.04. The Balaban J connectivity index is 1.76. The molecule has 0 unspecified atom stereocenters. The van der Waals surface area contributed by atoms with Crippen molar-refractivity contribution in [2.24, 2.45) is 0 Å². The smallest absolute Gasteiger partial charge is 0.174 e. The normalized spacial score (nSPS) is 11.3. The minimum atomic E-state index is -0.306. The summed E-state index contributed by atoms with van der Waals surface area (Å²) in [4.78, 5) is 8.72. The first-order valence-electron chi connectivity index (χ1n) is 8.49. The molecule has 0 bridgehead atoms. The van der Waals surface area contributed by atoms with Crippen molar-refractivity contribution in [3.05, 3.63) is 48.4 Å². The number of aromatic nitrogens is 4. The highest BCUT2D eigenvalue weighted by Gasteiger charge is 2.13. The Morgan fingerprint density at radius 3 is 2.56 bits per heavy atom. The summed E-state index contributed by atoms with van der Waals surface area (Å²) in [7, 11) is 0. The van der Waals surface area contributed by atoms with Crippen molar-refractivity contribution in [2.75, 3.05) is 25.1 Å². The van der Waals surface area contributed by atoms with Crippen LogP contribution in [0.1, 0.15) is 19.4 Å². The summed E-state index contributed by atoms with van der Waals surface area (Å²) >= 11 is 0. The number of nitrogens with zero attached hydrogens (tertiary/aromatic N) is 4. The van der Waals surface area contributed by atoms with Gasteiger partial charge in [-0.05, 0) is 19.4 Å². The molecule has 1 aromatic carbocycles. The maximum Gasteiger partial charge on any atom is 0.174 e.